The van der Waals surface area contributed by atoms with E-state index in [-0.39, 0.29) is 0 Å². The fourth-order valence-electron chi connectivity index (χ4n) is 2.05. The van der Waals surface area contributed by atoms with Gasteiger partial charge in [-0.3, -0.25) is 0 Å². The third-order valence-electron chi connectivity index (χ3n) is 3.27. The molecule has 1 heterocycles. The first kappa shape index (κ1) is 9.78. The molecule has 1 fully saturated rings. The maximum atomic E-state index is 5.74. The maximum Gasteiger partial charge on any atom is 0.165 e. The van der Waals surface area contributed by atoms with Crippen LogP contribution in [0.3, 0.4) is 0 Å². The van der Waals surface area contributed by atoms with E-state index in [9.17, 15) is 0 Å². The number of nitrogens with zero attached hydrogens (tertiary/aromatic N) is 2. The van der Waals surface area contributed by atoms with E-state index < -0.39 is 0 Å². The van der Waals surface area contributed by atoms with Gasteiger partial charge in [0.2, 0.25) is 0 Å². The molecule has 0 amide bonds. The average Bonchev–Trinajstić information content (AvgIpc) is 2.63. The summed E-state index contributed by atoms with van der Waals surface area (Å²) in [4.78, 5) is 0. The van der Waals surface area contributed by atoms with Crippen molar-refractivity contribution in [2.75, 3.05) is 5.73 Å². The highest BCUT2D eigenvalue weighted by atomic mass is 32.1. The molecule has 2 aromatic rings. The van der Waals surface area contributed by atoms with Crippen molar-refractivity contribution in [3.8, 4) is 11.3 Å². The molecule has 0 saturated heterocycles. The molecular weight excluding hydrogens is 218 g/mol. The number of rotatable bonds is 2. The highest BCUT2D eigenvalue weighted by molar-refractivity contribution is 6.99. The first-order valence-electron chi connectivity index (χ1n) is 5.53. The Bertz CT molecular complexity index is 485. The minimum atomic E-state index is 0.529. The van der Waals surface area contributed by atoms with E-state index >= 15 is 0 Å². The number of nitrogen functional groups attached to an aromatic ring is 1. The van der Waals surface area contributed by atoms with Crippen molar-refractivity contribution in [2.45, 2.75) is 25.2 Å². The lowest BCUT2D eigenvalue weighted by Crippen LogP contribution is -2.08. The van der Waals surface area contributed by atoms with Crippen LogP contribution in [0, 0.1) is 0 Å². The quantitative estimate of drug-likeness (QED) is 0.864. The zero-order valence-electron chi connectivity index (χ0n) is 8.89. The molecule has 3 nitrogen and oxygen atoms in total. The number of anilines is 1. The molecule has 16 heavy (non-hydrogen) atoms. The van der Waals surface area contributed by atoms with Crippen LogP contribution in [0.5, 0.6) is 0 Å². The van der Waals surface area contributed by atoms with Crippen molar-refractivity contribution in [2.24, 2.45) is 0 Å². The highest BCUT2D eigenvalue weighted by Gasteiger charge is 2.19. The number of hydrogen-bond acceptors (Lipinski definition) is 4. The normalized spacial score (nSPS) is 16.0. The van der Waals surface area contributed by atoms with Crippen LogP contribution >= 0.6 is 11.7 Å². The van der Waals surface area contributed by atoms with Gasteiger partial charge < -0.3 is 5.73 Å². The van der Waals surface area contributed by atoms with Gasteiger partial charge in [0.1, 0.15) is 5.69 Å². The Labute approximate surface area is 98.6 Å². The monoisotopic (exact) mass is 231 g/mol. The smallest absolute Gasteiger partial charge is 0.165 e. The summed E-state index contributed by atoms with van der Waals surface area (Å²) in [5.41, 5.74) is 9.06. The average molecular weight is 231 g/mol. The third kappa shape index (κ3) is 1.59. The van der Waals surface area contributed by atoms with E-state index in [4.69, 9.17) is 5.73 Å². The molecule has 3 rings (SSSR count). The molecule has 1 aliphatic carbocycles. The summed E-state index contributed by atoms with van der Waals surface area (Å²) in [5.74, 6) is 1.31. The van der Waals surface area contributed by atoms with E-state index in [1.54, 1.807) is 0 Å². The fourth-order valence-corrected chi connectivity index (χ4v) is 2.55. The Morgan fingerprint density at radius 1 is 1.12 bits per heavy atom. The van der Waals surface area contributed by atoms with Crippen molar-refractivity contribution in [1.82, 2.24) is 8.75 Å². The van der Waals surface area contributed by atoms with E-state index in [0.717, 1.165) is 28.9 Å². The van der Waals surface area contributed by atoms with E-state index in [1.807, 2.05) is 0 Å². The molecule has 4 heteroatoms. The van der Waals surface area contributed by atoms with E-state index in [1.165, 1.54) is 24.8 Å². The zero-order chi connectivity index (χ0) is 11.0. The number of benzene rings is 1. The van der Waals surface area contributed by atoms with Crippen LogP contribution in [0.1, 0.15) is 30.7 Å². The van der Waals surface area contributed by atoms with E-state index in [0.29, 0.717) is 5.82 Å². The third-order valence-corrected chi connectivity index (χ3v) is 3.82. The second-order valence-corrected chi connectivity index (χ2v) is 4.78. The van der Waals surface area contributed by atoms with Gasteiger partial charge >= 0.3 is 0 Å². The van der Waals surface area contributed by atoms with Crippen molar-refractivity contribution in [1.29, 1.82) is 0 Å². The molecule has 82 valence electrons. The van der Waals surface area contributed by atoms with Gasteiger partial charge in [0.15, 0.2) is 5.82 Å². The van der Waals surface area contributed by atoms with Crippen LogP contribution in [-0.4, -0.2) is 8.75 Å². The van der Waals surface area contributed by atoms with Crippen LogP contribution in [0.15, 0.2) is 24.3 Å². The van der Waals surface area contributed by atoms with Gasteiger partial charge in [0.25, 0.3) is 0 Å². The van der Waals surface area contributed by atoms with Crippen molar-refractivity contribution < 1.29 is 0 Å². The molecule has 1 saturated carbocycles. The zero-order valence-corrected chi connectivity index (χ0v) is 9.70. The second-order valence-electron chi connectivity index (χ2n) is 4.25. The van der Waals surface area contributed by atoms with E-state index in [2.05, 4.69) is 33.0 Å². The second kappa shape index (κ2) is 3.87. The summed E-state index contributed by atoms with van der Waals surface area (Å²) < 4.78 is 8.19. The molecular formula is C12H13N3S. The Balaban J connectivity index is 1.90. The van der Waals surface area contributed by atoms with Crippen LogP contribution in [0.4, 0.5) is 5.82 Å². The van der Waals surface area contributed by atoms with Crippen molar-refractivity contribution in [3.05, 3.63) is 29.8 Å². The Morgan fingerprint density at radius 3 is 2.38 bits per heavy atom. The summed E-state index contributed by atoms with van der Waals surface area (Å²) in [5, 5.41) is 0. The fraction of sp³-hybridized carbons (Fsp3) is 0.333. The topological polar surface area (TPSA) is 51.8 Å². The molecule has 1 aromatic carbocycles. The Hall–Kier alpha value is -1.42. The van der Waals surface area contributed by atoms with Crippen LogP contribution in [-0.2, 0) is 0 Å². The van der Waals surface area contributed by atoms with Gasteiger partial charge in [-0.15, -0.1) is 0 Å². The molecule has 0 atom stereocenters. The summed E-state index contributed by atoms with van der Waals surface area (Å²) in [6, 6.07) is 8.58. The summed E-state index contributed by atoms with van der Waals surface area (Å²) in [6.07, 6.45) is 4.04. The predicted molar refractivity (Wildman–Crippen MR) is 66.3 cm³/mol. The Kier molecular flexibility index (Phi) is 2.36. The van der Waals surface area contributed by atoms with Gasteiger partial charge in [-0.1, -0.05) is 30.7 Å². The lowest BCUT2D eigenvalue weighted by atomic mass is 9.80. The molecule has 0 spiro atoms. The SMILES string of the molecule is Nc1nsnc1-c1ccc(C2CCC2)cc1. The predicted octanol–water partition coefficient (Wildman–Crippen LogP) is 3.05. The summed E-state index contributed by atoms with van der Waals surface area (Å²) in [7, 11) is 0. The first-order valence-corrected chi connectivity index (χ1v) is 6.26. The first-order chi connectivity index (χ1) is 7.84. The van der Waals surface area contributed by atoms with Gasteiger partial charge in [0.05, 0.1) is 11.7 Å². The number of nitrogens with two attached hydrogens (primary N) is 1. The molecule has 0 radical (unpaired) electrons. The molecule has 2 N–H and O–H groups in total. The van der Waals surface area contributed by atoms with Gasteiger partial charge in [-0.2, -0.15) is 8.75 Å². The largest absolute Gasteiger partial charge is 0.381 e. The minimum absolute atomic E-state index is 0.529. The highest BCUT2D eigenvalue weighted by Crippen LogP contribution is 2.37. The van der Waals surface area contributed by atoms with Gasteiger partial charge in [0, 0.05) is 5.56 Å². The van der Waals surface area contributed by atoms with Crippen LogP contribution < -0.4 is 5.73 Å². The standard InChI is InChI=1S/C12H13N3S/c13-12-11(14-16-15-12)10-6-4-9(5-7-10)8-2-1-3-8/h4-8H,1-3H2,(H2,13,15). The molecule has 0 unspecified atom stereocenters. The number of aromatic nitrogens is 2. The van der Waals surface area contributed by atoms with Crippen molar-refractivity contribution >= 4 is 17.5 Å². The van der Waals surface area contributed by atoms with Crippen LogP contribution in [0.25, 0.3) is 11.3 Å². The van der Waals surface area contributed by atoms with Gasteiger partial charge in [-0.05, 0) is 24.3 Å². The maximum absolute atomic E-state index is 5.74. The molecule has 1 aromatic heterocycles. The Morgan fingerprint density at radius 2 is 1.88 bits per heavy atom. The molecule has 1 aliphatic rings. The lowest BCUT2D eigenvalue weighted by molar-refractivity contribution is 0.420. The number of hydrogen-bond donors (Lipinski definition) is 1. The lowest BCUT2D eigenvalue weighted by Gasteiger charge is -2.25. The summed E-state index contributed by atoms with van der Waals surface area (Å²) in [6.45, 7) is 0. The minimum Gasteiger partial charge on any atom is -0.381 e. The van der Waals surface area contributed by atoms with Gasteiger partial charge in [-0.25, -0.2) is 0 Å². The van der Waals surface area contributed by atoms with Crippen LogP contribution in [0.2, 0.25) is 0 Å². The molecule has 0 bridgehead atoms. The van der Waals surface area contributed by atoms with Crippen molar-refractivity contribution in [3.63, 3.8) is 0 Å². The molecule has 0 aliphatic heterocycles. The summed E-state index contributed by atoms with van der Waals surface area (Å²) >= 11 is 1.16.